The van der Waals surface area contributed by atoms with Crippen molar-refractivity contribution in [2.45, 2.75) is 45.1 Å². The van der Waals surface area contributed by atoms with E-state index in [0.717, 1.165) is 19.4 Å². The molecule has 1 heterocycles. The smallest absolute Gasteiger partial charge is 0.228 e. The Morgan fingerprint density at radius 3 is 2.76 bits per heavy atom. The van der Waals surface area contributed by atoms with Crippen LogP contribution in [-0.2, 0) is 9.53 Å². The molecule has 1 unspecified atom stereocenters. The lowest BCUT2D eigenvalue weighted by Gasteiger charge is -2.40. The molecular formula is C13H22ClNO2. The average Bonchev–Trinajstić information content (AvgIpc) is 2.39. The summed E-state index contributed by atoms with van der Waals surface area (Å²) in [5, 5.41) is 0. The van der Waals surface area contributed by atoms with Crippen molar-refractivity contribution in [2.75, 3.05) is 25.6 Å². The number of carbonyl (C=O) groups is 1. The van der Waals surface area contributed by atoms with Crippen molar-refractivity contribution in [3.63, 3.8) is 0 Å². The third-order valence-corrected chi connectivity index (χ3v) is 4.42. The van der Waals surface area contributed by atoms with E-state index in [1.54, 1.807) is 0 Å². The standard InChI is InChI=1S/C13H22ClNO2/c1-13(5-3-2-4-6-13)12(16)15-7-8-17-11(9-14)10-15/h11H,2-10H2,1H3. The molecule has 0 bridgehead atoms. The first-order valence-electron chi connectivity index (χ1n) is 6.63. The highest BCUT2D eigenvalue weighted by Gasteiger charge is 2.38. The molecule has 4 heteroatoms. The van der Waals surface area contributed by atoms with Crippen molar-refractivity contribution < 1.29 is 9.53 Å². The number of ether oxygens (including phenoxy) is 1. The van der Waals surface area contributed by atoms with Crippen molar-refractivity contribution >= 4 is 17.5 Å². The highest BCUT2D eigenvalue weighted by molar-refractivity contribution is 6.18. The topological polar surface area (TPSA) is 29.5 Å². The molecule has 2 rings (SSSR count). The van der Waals surface area contributed by atoms with Gasteiger partial charge in [-0.15, -0.1) is 11.6 Å². The van der Waals surface area contributed by atoms with Crippen LogP contribution in [-0.4, -0.2) is 42.5 Å². The van der Waals surface area contributed by atoms with Gasteiger partial charge in [-0.1, -0.05) is 26.2 Å². The Balaban J connectivity index is 1.98. The van der Waals surface area contributed by atoms with Crippen LogP contribution in [0.4, 0.5) is 0 Å². The van der Waals surface area contributed by atoms with Gasteiger partial charge < -0.3 is 9.64 Å². The van der Waals surface area contributed by atoms with E-state index in [1.807, 2.05) is 4.90 Å². The normalized spacial score (nSPS) is 29.1. The van der Waals surface area contributed by atoms with Gasteiger partial charge in [-0.2, -0.15) is 0 Å². The van der Waals surface area contributed by atoms with Gasteiger partial charge in [0.1, 0.15) is 0 Å². The molecule has 0 aromatic heterocycles. The second-order valence-electron chi connectivity index (χ2n) is 5.52. The van der Waals surface area contributed by atoms with Gasteiger partial charge in [0.25, 0.3) is 0 Å². The minimum Gasteiger partial charge on any atom is -0.373 e. The number of nitrogens with zero attached hydrogens (tertiary/aromatic N) is 1. The molecule has 0 aromatic carbocycles. The predicted octanol–water partition coefficient (Wildman–Crippen LogP) is 2.42. The van der Waals surface area contributed by atoms with Crippen molar-refractivity contribution in [3.05, 3.63) is 0 Å². The Kier molecular flexibility index (Phi) is 4.31. The van der Waals surface area contributed by atoms with E-state index < -0.39 is 0 Å². The summed E-state index contributed by atoms with van der Waals surface area (Å²) in [4.78, 5) is 14.5. The first kappa shape index (κ1) is 13.2. The van der Waals surface area contributed by atoms with E-state index in [9.17, 15) is 4.79 Å². The minimum absolute atomic E-state index is 0.0153. The molecule has 98 valence electrons. The van der Waals surface area contributed by atoms with Gasteiger partial charge in [-0.05, 0) is 12.8 Å². The highest BCUT2D eigenvalue weighted by atomic mass is 35.5. The number of rotatable bonds is 2. The molecule has 0 radical (unpaired) electrons. The molecule has 0 N–H and O–H groups in total. The third kappa shape index (κ3) is 2.94. The maximum Gasteiger partial charge on any atom is 0.228 e. The van der Waals surface area contributed by atoms with E-state index >= 15 is 0 Å². The van der Waals surface area contributed by atoms with Crippen LogP contribution in [0.1, 0.15) is 39.0 Å². The number of carbonyl (C=O) groups excluding carboxylic acids is 1. The Labute approximate surface area is 108 Å². The van der Waals surface area contributed by atoms with Gasteiger partial charge in [0.05, 0.1) is 18.6 Å². The van der Waals surface area contributed by atoms with Crippen LogP contribution in [0.25, 0.3) is 0 Å². The fraction of sp³-hybridized carbons (Fsp3) is 0.923. The molecule has 2 aliphatic rings. The maximum absolute atomic E-state index is 12.6. The minimum atomic E-state index is -0.132. The zero-order chi connectivity index (χ0) is 12.3. The van der Waals surface area contributed by atoms with Gasteiger partial charge in [0, 0.05) is 18.5 Å². The third-order valence-electron chi connectivity index (χ3n) is 4.07. The second kappa shape index (κ2) is 5.57. The van der Waals surface area contributed by atoms with Crippen LogP contribution in [0.15, 0.2) is 0 Å². The van der Waals surface area contributed by atoms with Crippen LogP contribution in [0, 0.1) is 5.41 Å². The van der Waals surface area contributed by atoms with Crippen LogP contribution in [0.3, 0.4) is 0 Å². The fourth-order valence-corrected chi connectivity index (χ4v) is 3.11. The molecule has 1 saturated carbocycles. The fourth-order valence-electron chi connectivity index (χ4n) is 2.92. The number of hydrogen-bond acceptors (Lipinski definition) is 2. The van der Waals surface area contributed by atoms with Crippen LogP contribution < -0.4 is 0 Å². The average molecular weight is 260 g/mol. The Morgan fingerprint density at radius 2 is 2.12 bits per heavy atom. The molecule has 2 fully saturated rings. The SMILES string of the molecule is CC1(C(=O)N2CCOC(CCl)C2)CCCCC1. The number of morpholine rings is 1. The van der Waals surface area contributed by atoms with Gasteiger partial charge in [-0.25, -0.2) is 0 Å². The van der Waals surface area contributed by atoms with Gasteiger partial charge in [0.2, 0.25) is 5.91 Å². The van der Waals surface area contributed by atoms with E-state index in [-0.39, 0.29) is 11.5 Å². The summed E-state index contributed by atoms with van der Waals surface area (Å²) in [5.41, 5.74) is -0.132. The monoisotopic (exact) mass is 259 g/mol. The zero-order valence-electron chi connectivity index (χ0n) is 10.6. The molecular weight excluding hydrogens is 238 g/mol. The summed E-state index contributed by atoms with van der Waals surface area (Å²) in [6.45, 7) is 4.14. The van der Waals surface area contributed by atoms with E-state index in [2.05, 4.69) is 6.92 Å². The number of halogens is 1. The lowest BCUT2D eigenvalue weighted by Crippen LogP contribution is -2.51. The van der Waals surface area contributed by atoms with Crippen LogP contribution in [0.2, 0.25) is 0 Å². The summed E-state index contributed by atoms with van der Waals surface area (Å²) < 4.78 is 5.50. The molecule has 1 amide bonds. The second-order valence-corrected chi connectivity index (χ2v) is 5.83. The molecule has 3 nitrogen and oxygen atoms in total. The van der Waals surface area contributed by atoms with Gasteiger partial charge in [-0.3, -0.25) is 4.79 Å². The largest absolute Gasteiger partial charge is 0.373 e. The number of alkyl halides is 1. The highest BCUT2D eigenvalue weighted by Crippen LogP contribution is 2.37. The molecule has 0 spiro atoms. The van der Waals surface area contributed by atoms with E-state index in [1.165, 1.54) is 19.3 Å². The lowest BCUT2D eigenvalue weighted by atomic mass is 9.74. The molecule has 17 heavy (non-hydrogen) atoms. The zero-order valence-corrected chi connectivity index (χ0v) is 11.3. The van der Waals surface area contributed by atoms with E-state index in [0.29, 0.717) is 24.9 Å². The maximum atomic E-state index is 12.6. The van der Waals surface area contributed by atoms with Gasteiger partial charge >= 0.3 is 0 Å². The molecule has 0 aromatic rings. The Morgan fingerprint density at radius 1 is 1.41 bits per heavy atom. The summed E-state index contributed by atoms with van der Waals surface area (Å²) in [5.74, 6) is 0.788. The van der Waals surface area contributed by atoms with Crippen molar-refractivity contribution in [1.82, 2.24) is 4.90 Å². The summed E-state index contributed by atoms with van der Waals surface area (Å²) in [7, 11) is 0. The molecule has 1 aliphatic heterocycles. The van der Waals surface area contributed by atoms with Crippen molar-refractivity contribution in [2.24, 2.45) is 5.41 Å². The summed E-state index contributed by atoms with van der Waals surface area (Å²) in [6, 6.07) is 0. The van der Waals surface area contributed by atoms with E-state index in [4.69, 9.17) is 16.3 Å². The predicted molar refractivity (Wildman–Crippen MR) is 68.2 cm³/mol. The summed E-state index contributed by atoms with van der Waals surface area (Å²) >= 11 is 5.81. The van der Waals surface area contributed by atoms with Crippen molar-refractivity contribution in [3.8, 4) is 0 Å². The number of hydrogen-bond donors (Lipinski definition) is 0. The van der Waals surface area contributed by atoms with Gasteiger partial charge in [0.15, 0.2) is 0 Å². The first-order chi connectivity index (χ1) is 8.15. The molecule has 1 saturated heterocycles. The number of amides is 1. The summed E-state index contributed by atoms with van der Waals surface area (Å²) in [6.07, 6.45) is 5.73. The molecule has 1 aliphatic carbocycles. The van der Waals surface area contributed by atoms with Crippen LogP contribution >= 0.6 is 11.6 Å². The Hall–Kier alpha value is -0.280. The lowest BCUT2D eigenvalue weighted by molar-refractivity contribution is -0.149. The quantitative estimate of drug-likeness (QED) is 0.713. The van der Waals surface area contributed by atoms with Crippen LogP contribution in [0.5, 0.6) is 0 Å². The molecule has 1 atom stereocenters. The Bertz CT molecular complexity index is 277. The first-order valence-corrected chi connectivity index (χ1v) is 7.16. The van der Waals surface area contributed by atoms with Crippen molar-refractivity contribution in [1.29, 1.82) is 0 Å².